The Kier molecular flexibility index (Phi) is 5.33. The van der Waals surface area contributed by atoms with E-state index in [9.17, 15) is 8.42 Å². The summed E-state index contributed by atoms with van der Waals surface area (Å²) in [7, 11) is 0.371. The minimum atomic E-state index is -3.70. The molecule has 2 N–H and O–H groups in total. The maximum atomic E-state index is 13.1. The first kappa shape index (κ1) is 20.2. The summed E-state index contributed by atoms with van der Waals surface area (Å²) in [5.41, 5.74) is 3.43. The molecular formula is C21H22ClN3O2S2. The number of likely N-dealkylation sites (N-methyl/N-ethyl adjacent to an activating group) is 1. The van der Waals surface area contributed by atoms with Crippen molar-refractivity contribution in [1.82, 2.24) is 9.88 Å². The summed E-state index contributed by atoms with van der Waals surface area (Å²) in [4.78, 5) is 5.39. The van der Waals surface area contributed by atoms with E-state index in [0.29, 0.717) is 14.9 Å². The SMILES string of the molecule is Cc1c(S(=O)(=O)Nc2ccc3[nH]cc(CCN(C)C)c3c2)sc2ccc(Cl)cc12. The summed E-state index contributed by atoms with van der Waals surface area (Å²) >= 11 is 7.34. The van der Waals surface area contributed by atoms with E-state index in [2.05, 4.69) is 14.6 Å². The van der Waals surface area contributed by atoms with Crippen LogP contribution in [0.15, 0.2) is 46.8 Å². The molecule has 5 nitrogen and oxygen atoms in total. The lowest BCUT2D eigenvalue weighted by Crippen LogP contribution is -2.15. The van der Waals surface area contributed by atoms with Crippen LogP contribution < -0.4 is 4.72 Å². The zero-order valence-corrected chi connectivity index (χ0v) is 18.8. The second kappa shape index (κ2) is 7.65. The minimum Gasteiger partial charge on any atom is -0.361 e. The normalized spacial score (nSPS) is 12.3. The molecule has 0 aliphatic carbocycles. The van der Waals surface area contributed by atoms with E-state index in [0.717, 1.165) is 39.5 Å². The quantitative estimate of drug-likeness (QED) is 0.424. The standard InChI is InChI=1S/C21H22ClN3O2S2/c1-13-17-10-15(22)4-7-20(17)28-21(13)29(26,27)24-16-5-6-19-18(11-16)14(12-23-19)8-9-25(2)3/h4-7,10-12,23-24H,8-9H2,1-3H3. The topological polar surface area (TPSA) is 65.2 Å². The van der Waals surface area contributed by atoms with Gasteiger partial charge >= 0.3 is 0 Å². The van der Waals surface area contributed by atoms with E-state index in [1.165, 1.54) is 16.9 Å². The number of aryl methyl sites for hydroxylation is 1. The van der Waals surface area contributed by atoms with E-state index in [1.54, 1.807) is 12.1 Å². The van der Waals surface area contributed by atoms with Crippen LogP contribution in [0.4, 0.5) is 5.69 Å². The molecule has 0 spiro atoms. The van der Waals surface area contributed by atoms with Crippen molar-refractivity contribution >= 4 is 59.6 Å². The van der Waals surface area contributed by atoms with Crippen LogP contribution in [-0.2, 0) is 16.4 Å². The van der Waals surface area contributed by atoms with Crippen molar-refractivity contribution in [3.8, 4) is 0 Å². The van der Waals surface area contributed by atoms with Crippen molar-refractivity contribution in [1.29, 1.82) is 0 Å². The molecule has 8 heteroatoms. The van der Waals surface area contributed by atoms with Gasteiger partial charge in [-0.15, -0.1) is 11.3 Å². The largest absolute Gasteiger partial charge is 0.361 e. The number of rotatable bonds is 6. The first-order valence-corrected chi connectivity index (χ1v) is 11.9. The van der Waals surface area contributed by atoms with Gasteiger partial charge in [0.15, 0.2) is 0 Å². The van der Waals surface area contributed by atoms with Crippen LogP contribution in [0, 0.1) is 6.92 Å². The Morgan fingerprint density at radius 3 is 2.69 bits per heavy atom. The maximum absolute atomic E-state index is 13.1. The summed E-state index contributed by atoms with van der Waals surface area (Å²) in [5, 5.41) is 2.50. The third kappa shape index (κ3) is 4.00. The highest BCUT2D eigenvalue weighted by Crippen LogP contribution is 2.36. The van der Waals surface area contributed by atoms with Gasteiger partial charge in [-0.1, -0.05) is 11.6 Å². The summed E-state index contributed by atoms with van der Waals surface area (Å²) in [6.07, 6.45) is 2.88. The third-order valence-electron chi connectivity index (χ3n) is 4.95. The fourth-order valence-corrected chi connectivity index (χ4v) is 6.39. The number of hydrogen-bond acceptors (Lipinski definition) is 4. The molecule has 2 aromatic heterocycles. The molecule has 0 saturated carbocycles. The maximum Gasteiger partial charge on any atom is 0.271 e. The Labute approximate surface area is 179 Å². The lowest BCUT2D eigenvalue weighted by atomic mass is 10.1. The lowest BCUT2D eigenvalue weighted by molar-refractivity contribution is 0.414. The number of fused-ring (bicyclic) bond motifs is 2. The molecule has 4 rings (SSSR count). The molecule has 0 atom stereocenters. The Hall–Kier alpha value is -2.06. The van der Waals surface area contributed by atoms with Crippen LogP contribution in [-0.4, -0.2) is 38.9 Å². The number of aromatic amines is 1. The Bertz CT molecular complexity index is 1310. The molecule has 0 aliphatic heterocycles. The highest BCUT2D eigenvalue weighted by molar-refractivity contribution is 7.94. The van der Waals surface area contributed by atoms with E-state index >= 15 is 0 Å². The number of H-pyrrole nitrogens is 1. The summed E-state index contributed by atoms with van der Waals surface area (Å²) in [6, 6.07) is 11.0. The Morgan fingerprint density at radius 2 is 1.93 bits per heavy atom. The van der Waals surface area contributed by atoms with Gasteiger partial charge in [0.1, 0.15) is 4.21 Å². The number of sulfonamides is 1. The molecule has 2 aromatic carbocycles. The number of aromatic nitrogens is 1. The number of halogens is 1. The van der Waals surface area contributed by atoms with Crippen molar-refractivity contribution in [2.75, 3.05) is 25.4 Å². The molecule has 0 saturated heterocycles. The highest BCUT2D eigenvalue weighted by Gasteiger charge is 2.22. The zero-order chi connectivity index (χ0) is 20.8. The first-order chi connectivity index (χ1) is 13.7. The van der Waals surface area contributed by atoms with Crippen molar-refractivity contribution in [3.63, 3.8) is 0 Å². The smallest absolute Gasteiger partial charge is 0.271 e. The molecule has 0 unspecified atom stereocenters. The fourth-order valence-electron chi connectivity index (χ4n) is 3.42. The summed E-state index contributed by atoms with van der Waals surface area (Å²) in [6.45, 7) is 2.74. The van der Waals surface area contributed by atoms with Gasteiger partial charge in [-0.2, -0.15) is 0 Å². The molecule has 0 fully saturated rings. The third-order valence-corrected chi connectivity index (χ3v) is 8.46. The second-order valence-electron chi connectivity index (χ2n) is 7.39. The molecule has 0 aliphatic rings. The number of nitrogens with zero attached hydrogens (tertiary/aromatic N) is 1. The van der Waals surface area contributed by atoms with Gasteiger partial charge in [0.05, 0.1) is 0 Å². The molecule has 0 radical (unpaired) electrons. The van der Waals surface area contributed by atoms with Crippen LogP contribution in [0.2, 0.25) is 5.02 Å². The van der Waals surface area contributed by atoms with Crippen molar-refractivity contribution in [3.05, 3.63) is 58.7 Å². The zero-order valence-electron chi connectivity index (χ0n) is 16.4. The number of thiophene rings is 1. The molecule has 152 valence electrons. The van der Waals surface area contributed by atoms with Crippen LogP contribution in [0.3, 0.4) is 0 Å². The predicted octanol–water partition coefficient (Wildman–Crippen LogP) is 5.25. The Balaban J connectivity index is 1.68. The second-order valence-corrected chi connectivity index (χ2v) is 10.8. The van der Waals surface area contributed by atoms with Crippen LogP contribution in [0.1, 0.15) is 11.1 Å². The van der Waals surface area contributed by atoms with Crippen molar-refractivity contribution < 1.29 is 8.42 Å². The number of benzene rings is 2. The van der Waals surface area contributed by atoms with E-state index in [4.69, 9.17) is 11.6 Å². The number of hydrogen-bond donors (Lipinski definition) is 2. The van der Waals surface area contributed by atoms with Gasteiger partial charge in [0.25, 0.3) is 10.0 Å². The first-order valence-electron chi connectivity index (χ1n) is 9.21. The van der Waals surface area contributed by atoms with Gasteiger partial charge < -0.3 is 9.88 Å². The van der Waals surface area contributed by atoms with Crippen LogP contribution in [0.25, 0.3) is 21.0 Å². The van der Waals surface area contributed by atoms with Crippen LogP contribution >= 0.6 is 22.9 Å². The molecule has 0 amide bonds. The van der Waals surface area contributed by atoms with Gasteiger partial charge in [-0.3, -0.25) is 4.72 Å². The van der Waals surface area contributed by atoms with Crippen molar-refractivity contribution in [2.45, 2.75) is 17.6 Å². The number of nitrogens with one attached hydrogen (secondary N) is 2. The number of anilines is 1. The molecule has 0 bridgehead atoms. The predicted molar refractivity (Wildman–Crippen MR) is 123 cm³/mol. The van der Waals surface area contributed by atoms with Crippen molar-refractivity contribution in [2.24, 2.45) is 0 Å². The molecule has 4 aromatic rings. The van der Waals surface area contributed by atoms with Gasteiger partial charge in [0, 0.05) is 39.1 Å². The van der Waals surface area contributed by atoms with E-state index in [-0.39, 0.29) is 0 Å². The molecule has 2 heterocycles. The van der Waals surface area contributed by atoms with E-state index in [1.807, 2.05) is 51.5 Å². The van der Waals surface area contributed by atoms with Gasteiger partial charge in [0.2, 0.25) is 0 Å². The monoisotopic (exact) mass is 447 g/mol. The van der Waals surface area contributed by atoms with E-state index < -0.39 is 10.0 Å². The molecule has 29 heavy (non-hydrogen) atoms. The minimum absolute atomic E-state index is 0.316. The Morgan fingerprint density at radius 1 is 1.14 bits per heavy atom. The van der Waals surface area contributed by atoms with Gasteiger partial charge in [-0.25, -0.2) is 8.42 Å². The summed E-state index contributed by atoms with van der Waals surface area (Å²) in [5.74, 6) is 0. The van der Waals surface area contributed by atoms with Gasteiger partial charge in [-0.05, 0) is 80.4 Å². The average Bonchev–Trinajstić information content (AvgIpc) is 3.21. The fraction of sp³-hybridized carbons (Fsp3) is 0.238. The highest BCUT2D eigenvalue weighted by atomic mass is 35.5. The summed E-state index contributed by atoms with van der Waals surface area (Å²) < 4.78 is 30.2. The molecular weight excluding hydrogens is 426 g/mol. The lowest BCUT2D eigenvalue weighted by Gasteiger charge is -2.10. The average molecular weight is 448 g/mol. The van der Waals surface area contributed by atoms with Crippen LogP contribution in [0.5, 0.6) is 0 Å².